The molecule has 0 saturated carbocycles. The van der Waals surface area contributed by atoms with Gasteiger partial charge in [0.25, 0.3) is 0 Å². The van der Waals surface area contributed by atoms with E-state index in [9.17, 15) is 0 Å². The third-order valence-electron chi connectivity index (χ3n) is 1.65. The van der Waals surface area contributed by atoms with Crippen LogP contribution >= 0.6 is 0 Å². The molecule has 0 aromatic carbocycles. The van der Waals surface area contributed by atoms with Gasteiger partial charge < -0.3 is 0 Å². The van der Waals surface area contributed by atoms with Gasteiger partial charge in [-0.2, -0.15) is 0 Å². The van der Waals surface area contributed by atoms with Crippen LogP contribution in [0.5, 0.6) is 0 Å². The predicted molar refractivity (Wildman–Crippen MR) is 43.4 cm³/mol. The third kappa shape index (κ3) is 6.18. The van der Waals surface area contributed by atoms with Gasteiger partial charge in [-0.05, 0) is 0 Å². The second-order valence-corrected chi connectivity index (χ2v) is 5.06. The summed E-state index contributed by atoms with van der Waals surface area (Å²) in [4.78, 5) is 0. The fourth-order valence-corrected chi connectivity index (χ4v) is 1.01. The molecule has 1 unspecified atom stereocenters. The zero-order chi connectivity index (χ0) is 8.15. The van der Waals surface area contributed by atoms with E-state index in [1.54, 1.807) is 46.3 Å². The second kappa shape index (κ2) is 6.02. The molecule has 0 amide bonds. The van der Waals surface area contributed by atoms with E-state index in [0.29, 0.717) is 5.92 Å². The van der Waals surface area contributed by atoms with Crippen molar-refractivity contribution >= 4 is -0.131 Å². The Bertz CT molecular complexity index is 105. The minimum absolute atomic E-state index is 0.560. The van der Waals surface area contributed by atoms with Crippen LogP contribution in [-0.4, -0.2) is -0.131 Å². The molecule has 61 valence electrons. The maximum absolute atomic E-state index is 4.07. The van der Waals surface area contributed by atoms with E-state index < -0.39 is 0 Å². The minimum atomic E-state index is 0.560. The van der Waals surface area contributed by atoms with Gasteiger partial charge in [0.1, 0.15) is 0 Å². The molecule has 0 aliphatic carbocycles. The van der Waals surface area contributed by atoms with Crippen LogP contribution in [0.1, 0.15) is 33.6 Å². The number of rotatable bonds is 4. The maximum atomic E-state index is 4.07. The van der Waals surface area contributed by atoms with Crippen molar-refractivity contribution < 1.29 is 46.5 Å². The van der Waals surface area contributed by atoms with Crippen molar-refractivity contribution in [2.45, 2.75) is 33.6 Å². The van der Waals surface area contributed by atoms with Gasteiger partial charge in [-0.15, -0.1) is 0 Å². The standard InChI is InChI=1S/C9H16.Eu/c1-5-6-7-9(4)8(2)3;/h9H,4,6-7H2,1-3H3;/q-2;. The molecular weight excluding hydrogens is 260 g/mol. The van der Waals surface area contributed by atoms with Gasteiger partial charge in [0.2, 0.25) is 0 Å². The summed E-state index contributed by atoms with van der Waals surface area (Å²) in [5, 5.41) is 0. The van der Waals surface area contributed by atoms with Gasteiger partial charge in [0, 0.05) is 0 Å². The number of hydrogen-bond acceptors (Lipinski definition) is 0. The summed E-state index contributed by atoms with van der Waals surface area (Å²) in [5.41, 5.74) is 0. The van der Waals surface area contributed by atoms with E-state index in [1.807, 2.05) is 0 Å². The van der Waals surface area contributed by atoms with Crippen molar-refractivity contribution in [3.05, 3.63) is 12.8 Å². The Morgan fingerprint density at radius 1 is 1.60 bits per heavy atom. The predicted octanol–water partition coefficient (Wildman–Crippen LogP) is 2.57. The first-order valence-corrected chi connectivity index (χ1v) is 4.86. The van der Waals surface area contributed by atoms with Gasteiger partial charge in [-0.25, -0.2) is 0 Å². The molecule has 0 nitrogen and oxygen atoms in total. The van der Waals surface area contributed by atoms with Crippen molar-refractivity contribution in [2.75, 3.05) is 0 Å². The monoisotopic (exact) mass is 277 g/mol. The molecule has 0 aromatic heterocycles. The normalized spacial score (nSPS) is 13.7. The summed E-state index contributed by atoms with van der Waals surface area (Å²) < 4.78 is 1.56. The fraction of sp³-hybridized carbons (Fsp3) is 0.667. The van der Waals surface area contributed by atoms with Crippen molar-refractivity contribution in [3.63, 3.8) is 0 Å². The van der Waals surface area contributed by atoms with Crippen LogP contribution in [0.3, 0.4) is 0 Å². The number of hydrogen-bond donors (Lipinski definition) is 0. The van der Waals surface area contributed by atoms with Crippen molar-refractivity contribution in [1.29, 1.82) is 0 Å². The topological polar surface area (TPSA) is 0 Å². The van der Waals surface area contributed by atoms with E-state index in [2.05, 4.69) is 27.7 Å². The summed E-state index contributed by atoms with van der Waals surface area (Å²) in [6.07, 6.45) is 2.47. The van der Waals surface area contributed by atoms with E-state index in [0.717, 1.165) is 0 Å². The van der Waals surface area contributed by atoms with E-state index in [4.69, 9.17) is 0 Å². The van der Waals surface area contributed by atoms with Crippen LogP contribution in [0.4, 0.5) is 0 Å². The summed E-state index contributed by atoms with van der Waals surface area (Å²) in [5.74, 6) is 2.01. The summed E-state index contributed by atoms with van der Waals surface area (Å²) in [6.45, 7) is 10.6. The molecular formula is C9H16Eu-2. The van der Waals surface area contributed by atoms with Crippen LogP contribution in [0, 0.1) is 65.2 Å². The third-order valence-corrected chi connectivity index (χ3v) is 2.26. The molecule has 0 fully saturated rings. The molecule has 10 heavy (non-hydrogen) atoms. The Hall–Kier alpha value is 1.45. The molecule has 0 rings (SSSR count). The average Bonchev–Trinajstić information content (AvgIpc) is 1.82. The SMILES string of the molecule is [CH2-]C(CC[C](C)=[Eu])[C-](C)C. The van der Waals surface area contributed by atoms with Crippen LogP contribution < -0.4 is 0 Å². The molecule has 0 aliphatic heterocycles. The Kier molecular flexibility index (Phi) is 6.90. The summed E-state index contributed by atoms with van der Waals surface area (Å²) in [6, 6.07) is 0. The van der Waals surface area contributed by atoms with Crippen molar-refractivity contribution in [2.24, 2.45) is 5.92 Å². The van der Waals surface area contributed by atoms with Crippen molar-refractivity contribution in [1.82, 2.24) is 0 Å². The Balaban J connectivity index is 3.39. The quantitative estimate of drug-likeness (QED) is 0.692. The summed E-state index contributed by atoms with van der Waals surface area (Å²) >= 11 is 1.81. The first-order chi connectivity index (χ1) is 4.54. The molecule has 0 aromatic rings. The molecule has 0 aliphatic rings. The molecule has 1 atom stereocenters. The average molecular weight is 276 g/mol. The van der Waals surface area contributed by atoms with E-state index in [-0.39, 0.29) is 0 Å². The first kappa shape index (κ1) is 11.5. The van der Waals surface area contributed by atoms with Crippen molar-refractivity contribution in [3.8, 4) is 0 Å². The Morgan fingerprint density at radius 3 is 2.40 bits per heavy atom. The van der Waals surface area contributed by atoms with Gasteiger partial charge in [-0.1, -0.05) is 0 Å². The summed E-state index contributed by atoms with van der Waals surface area (Å²) in [7, 11) is 0. The molecule has 0 N–H and O–H groups in total. The van der Waals surface area contributed by atoms with E-state index in [1.165, 1.54) is 18.8 Å². The zero-order valence-electron chi connectivity index (χ0n) is 7.08. The van der Waals surface area contributed by atoms with Crippen LogP contribution in [0.15, 0.2) is 0 Å². The van der Waals surface area contributed by atoms with Crippen LogP contribution in [0.2, 0.25) is 0 Å². The molecule has 0 spiro atoms. The molecule has 0 saturated heterocycles. The first-order valence-electron chi connectivity index (χ1n) is 3.65. The fourth-order valence-electron chi connectivity index (χ4n) is 0.662. The van der Waals surface area contributed by atoms with Gasteiger partial charge in [0.05, 0.1) is 0 Å². The zero-order valence-corrected chi connectivity index (χ0v) is 9.50. The Labute approximate surface area is 97.2 Å². The van der Waals surface area contributed by atoms with Gasteiger partial charge in [-0.3, -0.25) is 0 Å². The molecule has 0 radical (unpaired) electrons. The second-order valence-electron chi connectivity index (χ2n) is 2.99. The molecule has 0 heterocycles. The van der Waals surface area contributed by atoms with E-state index >= 15 is 0 Å². The molecule has 1 heteroatoms. The van der Waals surface area contributed by atoms with Crippen LogP contribution in [0.25, 0.3) is 0 Å². The van der Waals surface area contributed by atoms with Gasteiger partial charge in [0.15, 0.2) is 0 Å². The Morgan fingerprint density at radius 2 is 2.10 bits per heavy atom. The van der Waals surface area contributed by atoms with Crippen LogP contribution in [-0.2, 0) is 0 Å². The molecule has 0 bridgehead atoms. The van der Waals surface area contributed by atoms with Gasteiger partial charge >= 0.3 is 98.7 Å².